The Hall–Kier alpha value is -0.877. The molecule has 3 aromatic rings. The zero-order valence-electron chi connectivity index (χ0n) is 24.2. The molecule has 0 saturated carbocycles. The van der Waals surface area contributed by atoms with Gasteiger partial charge < -0.3 is 24.8 Å². The Kier molecular flexibility index (Phi) is 13.4. The Morgan fingerprint density at radius 1 is 0.750 bits per heavy atom. The molecule has 0 aliphatic heterocycles. The van der Waals surface area contributed by atoms with Gasteiger partial charge in [0.15, 0.2) is 0 Å². The second-order valence-corrected chi connectivity index (χ2v) is 15.2. The molecule has 1 aliphatic carbocycles. The summed E-state index contributed by atoms with van der Waals surface area (Å²) in [5.41, 5.74) is 10.4. The summed E-state index contributed by atoms with van der Waals surface area (Å²) in [7, 11) is 0. The van der Waals surface area contributed by atoms with E-state index in [0.29, 0.717) is 5.41 Å². The predicted octanol–water partition coefficient (Wildman–Crippen LogP) is 3.11. The Balaban J connectivity index is 0.000000686. The molecule has 0 nitrogen and oxygen atoms in total. The molecule has 0 saturated heterocycles. The number of fused-ring (bicyclic) bond motifs is 3. The first-order valence-corrected chi connectivity index (χ1v) is 13.7. The van der Waals surface area contributed by atoms with Crippen LogP contribution in [0, 0.1) is 6.07 Å². The molecule has 0 unspecified atom stereocenters. The molecule has 0 N–H and O–H groups in total. The summed E-state index contributed by atoms with van der Waals surface area (Å²) in [6, 6.07) is 23.7. The molecule has 0 heterocycles. The second kappa shape index (κ2) is 13.8. The fourth-order valence-electron chi connectivity index (χ4n) is 3.90. The third kappa shape index (κ3) is 10.1. The summed E-state index contributed by atoms with van der Waals surface area (Å²) in [5, 5.41) is 0. The van der Waals surface area contributed by atoms with Crippen LogP contribution in [0.2, 0.25) is 0 Å². The molecule has 0 radical (unpaired) electrons. The fraction of sp³-hybridized carbons (Fsp3) is 0.455. The van der Waals surface area contributed by atoms with Crippen LogP contribution in [0.1, 0.15) is 104 Å². The maximum Gasteiger partial charge on any atom is -1.00 e. The van der Waals surface area contributed by atoms with Crippen molar-refractivity contribution in [1.82, 2.24) is 0 Å². The first-order chi connectivity index (χ1) is 15.5. The van der Waals surface area contributed by atoms with Gasteiger partial charge in [0.05, 0.1) is 0 Å². The zero-order chi connectivity index (χ0) is 25.9. The van der Waals surface area contributed by atoms with Crippen LogP contribution in [-0.4, -0.2) is 3.21 Å². The van der Waals surface area contributed by atoms with Crippen molar-refractivity contribution in [1.29, 1.82) is 0 Å². The van der Waals surface area contributed by atoms with Crippen molar-refractivity contribution in [3.63, 3.8) is 0 Å². The van der Waals surface area contributed by atoms with Crippen LogP contribution in [0.15, 0.2) is 54.6 Å². The first-order valence-electron chi connectivity index (χ1n) is 12.4. The molecule has 0 spiro atoms. The number of rotatable bonds is 0. The molecule has 0 atom stereocenters. The summed E-state index contributed by atoms with van der Waals surface area (Å²) in [6.07, 6.45) is 1.03. The molecule has 1 aliphatic rings. The quantitative estimate of drug-likeness (QED) is 0.272. The van der Waals surface area contributed by atoms with E-state index in [1.54, 1.807) is 24.2 Å². The molecule has 3 heteroatoms. The molecule has 3 aromatic carbocycles. The van der Waals surface area contributed by atoms with Crippen molar-refractivity contribution < 1.29 is 49.0 Å². The van der Waals surface area contributed by atoms with Gasteiger partial charge in [0.25, 0.3) is 0 Å². The van der Waals surface area contributed by atoms with E-state index in [4.69, 9.17) is 0 Å². The van der Waals surface area contributed by atoms with Gasteiger partial charge in [0, 0.05) is 0 Å². The summed E-state index contributed by atoms with van der Waals surface area (Å²) in [6.45, 7) is 24.5. The third-order valence-electron chi connectivity index (χ3n) is 5.99. The van der Waals surface area contributed by atoms with E-state index in [1.165, 1.54) is 42.2 Å². The van der Waals surface area contributed by atoms with E-state index >= 15 is 0 Å². The molecule has 0 bridgehead atoms. The van der Waals surface area contributed by atoms with E-state index in [1.807, 2.05) is 0 Å². The second-order valence-electron chi connectivity index (χ2n) is 12.7. The number of halogens is 2. The van der Waals surface area contributed by atoms with Gasteiger partial charge in [-0.15, -0.1) is 11.1 Å². The largest absolute Gasteiger partial charge is 1.00 e. The van der Waals surface area contributed by atoms with Gasteiger partial charge in [-0.25, -0.2) is 6.07 Å². The van der Waals surface area contributed by atoms with Crippen LogP contribution in [0.5, 0.6) is 0 Å². The van der Waals surface area contributed by atoms with Crippen molar-refractivity contribution >= 4 is 3.21 Å². The molecule has 36 heavy (non-hydrogen) atoms. The summed E-state index contributed by atoms with van der Waals surface area (Å²) < 4.78 is 1.51. The monoisotopic (exact) mass is 600 g/mol. The third-order valence-corrected chi connectivity index (χ3v) is 5.99. The van der Waals surface area contributed by atoms with Crippen LogP contribution in [0.4, 0.5) is 0 Å². The van der Waals surface area contributed by atoms with Crippen molar-refractivity contribution in [2.45, 2.75) is 98.8 Å². The van der Waals surface area contributed by atoms with Gasteiger partial charge in [0.2, 0.25) is 0 Å². The summed E-state index contributed by atoms with van der Waals surface area (Å²) in [5.74, 6) is 0. The first kappa shape index (κ1) is 35.1. The van der Waals surface area contributed by atoms with E-state index < -0.39 is 0 Å². The van der Waals surface area contributed by atoms with Gasteiger partial charge in [-0.2, -0.15) is 47.5 Å². The van der Waals surface area contributed by atoms with Gasteiger partial charge in [-0.3, -0.25) is 0 Å². The van der Waals surface area contributed by atoms with Gasteiger partial charge in [0.1, 0.15) is 0 Å². The minimum atomic E-state index is 0. The predicted molar refractivity (Wildman–Crippen MR) is 148 cm³/mol. The van der Waals surface area contributed by atoms with Crippen molar-refractivity contribution in [2.75, 3.05) is 0 Å². The Bertz CT molecular complexity index is 1040. The number of hydrogen-bond acceptors (Lipinski definition) is 0. The van der Waals surface area contributed by atoms with E-state index in [2.05, 4.69) is 137 Å². The standard InChI is InChI=1S/C21H25.C9H13.C3H6.2ClH.Zr/c1-20(2,3)16-7-9-18-14(12-16)11-15-13-17(21(4,5)6)8-10-19(15)18;1-9(2,3)8-6-4-5-7-8;1-3-2;;;/h7-10,12H,11H2,1-6H3;4-7H,1-3H3;1-2H3;2*1H;/q2*-1;;;;+2/p-2. The molecule has 196 valence electrons. The van der Waals surface area contributed by atoms with E-state index in [0.717, 1.165) is 6.42 Å². The number of benzene rings is 2. The fourth-order valence-corrected chi connectivity index (χ4v) is 3.90. The SMILES string of the molecule is CC(C)(C)c1[c-]c2c(cc1)-c1ccc(C(C)(C)C)cc1C2.CC(C)(C)c1cc[cH-]c1.C[C](C)=[Zr+2].[Cl-].[Cl-]. The topological polar surface area (TPSA) is 0 Å². The maximum atomic E-state index is 3.67. The van der Waals surface area contributed by atoms with Gasteiger partial charge in [-0.1, -0.05) is 91.5 Å². The molecule has 4 rings (SSSR count). The molecule has 0 aromatic heterocycles. The van der Waals surface area contributed by atoms with Crippen molar-refractivity contribution in [2.24, 2.45) is 0 Å². The van der Waals surface area contributed by atoms with E-state index in [-0.39, 0.29) is 35.6 Å². The maximum absolute atomic E-state index is 3.67. The van der Waals surface area contributed by atoms with E-state index in [9.17, 15) is 0 Å². The Labute approximate surface area is 249 Å². The normalized spacial score (nSPS) is 11.9. The molecular weight excluding hydrogens is 558 g/mol. The van der Waals surface area contributed by atoms with Crippen molar-refractivity contribution in [3.8, 4) is 11.1 Å². The smallest absolute Gasteiger partial charge is 1.00 e. The summed E-state index contributed by atoms with van der Waals surface area (Å²) in [4.78, 5) is 0. The molecular formula is C33H44Cl2Zr-2. The molecule has 0 amide bonds. The summed E-state index contributed by atoms with van der Waals surface area (Å²) >= 11 is 1.55. The zero-order valence-corrected chi connectivity index (χ0v) is 28.1. The Morgan fingerprint density at radius 3 is 1.69 bits per heavy atom. The number of hydrogen-bond donors (Lipinski definition) is 0. The van der Waals surface area contributed by atoms with Gasteiger partial charge >= 0.3 is 41.3 Å². The minimum Gasteiger partial charge on any atom is -1.00 e. The average Bonchev–Trinajstić information content (AvgIpc) is 3.33. The van der Waals surface area contributed by atoms with Crippen LogP contribution >= 0.6 is 0 Å². The average molecular weight is 603 g/mol. The van der Waals surface area contributed by atoms with Gasteiger partial charge in [-0.05, 0) is 28.4 Å². The minimum absolute atomic E-state index is 0. The van der Waals surface area contributed by atoms with Crippen LogP contribution in [-0.2, 0) is 46.9 Å². The van der Waals surface area contributed by atoms with Crippen LogP contribution in [0.25, 0.3) is 11.1 Å². The van der Waals surface area contributed by atoms with Crippen LogP contribution < -0.4 is 24.8 Å². The van der Waals surface area contributed by atoms with Crippen molar-refractivity contribution in [3.05, 3.63) is 88.5 Å². The molecule has 0 fully saturated rings. The Morgan fingerprint density at radius 2 is 1.28 bits per heavy atom. The van der Waals surface area contributed by atoms with Crippen LogP contribution in [0.3, 0.4) is 0 Å².